The van der Waals surface area contributed by atoms with E-state index in [0.29, 0.717) is 11.4 Å². The largest absolute Gasteiger partial charge is 0.466 e. The Labute approximate surface area is 130 Å². The van der Waals surface area contributed by atoms with Crippen LogP contribution in [-0.2, 0) is 6.42 Å². The lowest BCUT2D eigenvalue weighted by atomic mass is 9.95. The van der Waals surface area contributed by atoms with Gasteiger partial charge in [-0.15, -0.1) is 0 Å². The number of hydrogen-bond acceptors (Lipinski definition) is 2. The highest BCUT2D eigenvalue weighted by molar-refractivity contribution is 6.31. The fourth-order valence-electron chi connectivity index (χ4n) is 2.76. The van der Waals surface area contributed by atoms with Crippen molar-refractivity contribution in [2.45, 2.75) is 40.2 Å². The van der Waals surface area contributed by atoms with Crippen LogP contribution in [0.25, 0.3) is 0 Å². The van der Waals surface area contributed by atoms with Gasteiger partial charge in [-0.1, -0.05) is 18.5 Å². The molecule has 1 aromatic heterocycles. The summed E-state index contributed by atoms with van der Waals surface area (Å²) in [6, 6.07) is 4.55. The number of hydrogen-bond donors (Lipinski definition) is 1. The van der Waals surface area contributed by atoms with Crippen LogP contribution in [0.2, 0.25) is 5.02 Å². The predicted molar refractivity (Wildman–Crippen MR) is 84.5 cm³/mol. The van der Waals surface area contributed by atoms with E-state index in [1.807, 2.05) is 13.8 Å². The Morgan fingerprint density at radius 3 is 2.52 bits per heavy atom. The van der Waals surface area contributed by atoms with Crippen molar-refractivity contribution in [1.82, 2.24) is 5.32 Å². The van der Waals surface area contributed by atoms with Crippen LogP contribution in [0, 0.1) is 26.6 Å². The van der Waals surface area contributed by atoms with Crippen molar-refractivity contribution >= 4 is 11.6 Å². The minimum atomic E-state index is -0.263. The smallest absolute Gasteiger partial charge is 0.123 e. The van der Waals surface area contributed by atoms with E-state index in [0.717, 1.165) is 34.8 Å². The van der Waals surface area contributed by atoms with Gasteiger partial charge < -0.3 is 9.73 Å². The second-order valence-corrected chi connectivity index (χ2v) is 5.71. The van der Waals surface area contributed by atoms with Gasteiger partial charge >= 0.3 is 0 Å². The molecular formula is C17H21ClFNO. The van der Waals surface area contributed by atoms with E-state index >= 15 is 0 Å². The van der Waals surface area contributed by atoms with Gasteiger partial charge in [-0.2, -0.15) is 0 Å². The number of benzene rings is 1. The van der Waals surface area contributed by atoms with Gasteiger partial charge in [-0.3, -0.25) is 0 Å². The molecular weight excluding hydrogens is 289 g/mol. The zero-order valence-electron chi connectivity index (χ0n) is 12.9. The molecule has 2 aromatic rings. The summed E-state index contributed by atoms with van der Waals surface area (Å²) in [6.45, 7) is 8.86. The topological polar surface area (TPSA) is 25.2 Å². The van der Waals surface area contributed by atoms with Crippen molar-refractivity contribution in [3.05, 3.63) is 57.2 Å². The third kappa shape index (κ3) is 3.47. The monoisotopic (exact) mass is 309 g/mol. The maximum Gasteiger partial charge on any atom is 0.123 e. The van der Waals surface area contributed by atoms with Gasteiger partial charge in [0.2, 0.25) is 0 Å². The van der Waals surface area contributed by atoms with Crippen molar-refractivity contribution in [1.29, 1.82) is 0 Å². The molecule has 0 fully saturated rings. The molecule has 0 saturated heterocycles. The average Bonchev–Trinajstić information content (AvgIpc) is 2.67. The van der Waals surface area contributed by atoms with Gasteiger partial charge in [0.15, 0.2) is 0 Å². The summed E-state index contributed by atoms with van der Waals surface area (Å²) in [6.07, 6.45) is 0.630. The van der Waals surface area contributed by atoms with E-state index in [2.05, 4.69) is 19.2 Å². The summed E-state index contributed by atoms with van der Waals surface area (Å²) in [5.74, 6) is 1.57. The lowest BCUT2D eigenvalue weighted by Crippen LogP contribution is -2.24. The Bertz CT molecular complexity index is 636. The molecule has 1 unspecified atom stereocenters. The molecule has 0 radical (unpaired) electrons. The van der Waals surface area contributed by atoms with E-state index in [-0.39, 0.29) is 11.9 Å². The van der Waals surface area contributed by atoms with Gasteiger partial charge in [-0.25, -0.2) is 4.39 Å². The first kappa shape index (κ1) is 16.1. The first-order chi connectivity index (χ1) is 9.93. The molecule has 0 bridgehead atoms. The maximum absolute atomic E-state index is 13.5. The standard InChI is InChI=1S/C17H21ClFNO/c1-5-20-16(17-10(2)11(3)21-12(17)4)9-13-8-14(19)6-7-15(13)18/h6-8,16,20H,5,9H2,1-4H3. The first-order valence-electron chi connectivity index (χ1n) is 7.17. The molecule has 21 heavy (non-hydrogen) atoms. The fraction of sp³-hybridized carbons (Fsp3) is 0.412. The van der Waals surface area contributed by atoms with Crippen molar-refractivity contribution in [2.24, 2.45) is 0 Å². The highest BCUT2D eigenvalue weighted by Gasteiger charge is 2.21. The molecule has 1 aromatic carbocycles. The van der Waals surface area contributed by atoms with Crippen LogP contribution in [0.15, 0.2) is 22.6 Å². The molecule has 114 valence electrons. The van der Waals surface area contributed by atoms with Gasteiger partial charge in [-0.05, 0) is 63.1 Å². The van der Waals surface area contributed by atoms with E-state index in [1.54, 1.807) is 6.07 Å². The van der Waals surface area contributed by atoms with Crippen molar-refractivity contribution < 1.29 is 8.81 Å². The molecule has 1 heterocycles. The van der Waals surface area contributed by atoms with Crippen LogP contribution in [-0.4, -0.2) is 6.54 Å². The number of furan rings is 1. The highest BCUT2D eigenvalue weighted by Crippen LogP contribution is 2.31. The van der Waals surface area contributed by atoms with Crippen LogP contribution < -0.4 is 5.32 Å². The Morgan fingerprint density at radius 1 is 1.24 bits per heavy atom. The van der Waals surface area contributed by atoms with E-state index < -0.39 is 0 Å². The third-order valence-corrected chi connectivity index (χ3v) is 4.22. The molecule has 1 N–H and O–H groups in total. The first-order valence-corrected chi connectivity index (χ1v) is 7.55. The zero-order valence-corrected chi connectivity index (χ0v) is 13.6. The van der Waals surface area contributed by atoms with Crippen LogP contribution in [0.3, 0.4) is 0 Å². The summed E-state index contributed by atoms with van der Waals surface area (Å²) in [4.78, 5) is 0. The Morgan fingerprint density at radius 2 is 1.95 bits per heavy atom. The van der Waals surface area contributed by atoms with E-state index in [4.69, 9.17) is 16.0 Å². The van der Waals surface area contributed by atoms with Gasteiger partial charge in [0.25, 0.3) is 0 Å². The van der Waals surface area contributed by atoms with Crippen LogP contribution in [0.4, 0.5) is 4.39 Å². The van der Waals surface area contributed by atoms with Gasteiger partial charge in [0, 0.05) is 16.6 Å². The summed E-state index contributed by atoms with van der Waals surface area (Å²) >= 11 is 6.19. The fourth-order valence-corrected chi connectivity index (χ4v) is 2.96. The van der Waals surface area contributed by atoms with Crippen LogP contribution in [0.5, 0.6) is 0 Å². The quantitative estimate of drug-likeness (QED) is 0.850. The third-order valence-electron chi connectivity index (χ3n) is 3.85. The van der Waals surface area contributed by atoms with Gasteiger partial charge in [0.1, 0.15) is 17.3 Å². The highest BCUT2D eigenvalue weighted by atomic mass is 35.5. The normalized spacial score (nSPS) is 12.7. The molecule has 4 heteroatoms. The molecule has 0 aliphatic rings. The van der Waals surface area contributed by atoms with E-state index in [1.165, 1.54) is 12.1 Å². The molecule has 0 saturated carbocycles. The van der Waals surface area contributed by atoms with Gasteiger partial charge in [0.05, 0.1) is 0 Å². The minimum Gasteiger partial charge on any atom is -0.466 e. The summed E-state index contributed by atoms with van der Waals surface area (Å²) in [5.41, 5.74) is 3.10. The van der Waals surface area contributed by atoms with Crippen molar-refractivity contribution in [3.63, 3.8) is 0 Å². The number of likely N-dealkylation sites (N-methyl/N-ethyl adjacent to an activating group) is 1. The predicted octanol–water partition coefficient (Wildman–Crippen LogP) is 4.89. The van der Waals surface area contributed by atoms with Crippen molar-refractivity contribution in [3.8, 4) is 0 Å². The SMILES string of the molecule is CCNC(Cc1cc(F)ccc1Cl)c1c(C)oc(C)c1C. The molecule has 1 atom stereocenters. The molecule has 2 nitrogen and oxygen atoms in total. The lowest BCUT2D eigenvalue weighted by molar-refractivity contribution is 0.484. The lowest BCUT2D eigenvalue weighted by Gasteiger charge is -2.19. The maximum atomic E-state index is 13.5. The number of aryl methyl sites for hydroxylation is 2. The average molecular weight is 310 g/mol. The van der Waals surface area contributed by atoms with Crippen molar-refractivity contribution in [2.75, 3.05) is 6.54 Å². The minimum absolute atomic E-state index is 0.0618. The summed E-state index contributed by atoms with van der Waals surface area (Å²) in [7, 11) is 0. The Balaban J connectivity index is 2.37. The molecule has 0 amide bonds. The van der Waals surface area contributed by atoms with Crippen LogP contribution >= 0.6 is 11.6 Å². The summed E-state index contributed by atoms with van der Waals surface area (Å²) in [5, 5.41) is 4.04. The molecule has 0 aliphatic heterocycles. The van der Waals surface area contributed by atoms with E-state index in [9.17, 15) is 4.39 Å². The number of rotatable bonds is 5. The Hall–Kier alpha value is -1.32. The number of nitrogens with one attached hydrogen (secondary N) is 1. The second-order valence-electron chi connectivity index (χ2n) is 5.30. The zero-order chi connectivity index (χ0) is 15.6. The summed E-state index contributed by atoms with van der Waals surface area (Å²) < 4.78 is 19.2. The molecule has 2 rings (SSSR count). The Kier molecular flexibility index (Phi) is 5.07. The second kappa shape index (κ2) is 6.63. The van der Waals surface area contributed by atoms with Crippen LogP contribution in [0.1, 0.15) is 41.2 Å². The number of halogens is 2. The molecule has 0 aliphatic carbocycles. The molecule has 0 spiro atoms.